The molecular formula is C18H21NO2. The number of hydrogen-bond acceptors (Lipinski definition) is 3. The third kappa shape index (κ3) is 3.37. The average Bonchev–Trinajstić information content (AvgIpc) is 3.08. The fourth-order valence-corrected chi connectivity index (χ4v) is 2.73. The van der Waals surface area contributed by atoms with E-state index in [-0.39, 0.29) is 0 Å². The second-order valence-corrected chi connectivity index (χ2v) is 5.33. The van der Waals surface area contributed by atoms with Crippen LogP contribution in [-0.4, -0.2) is 13.7 Å². The highest BCUT2D eigenvalue weighted by atomic mass is 16.5. The van der Waals surface area contributed by atoms with E-state index in [1.165, 1.54) is 18.4 Å². The molecule has 1 N–H and O–H groups in total. The molecule has 0 amide bonds. The lowest BCUT2D eigenvalue weighted by Gasteiger charge is -2.15. The summed E-state index contributed by atoms with van der Waals surface area (Å²) in [7, 11) is 1.68. The molecule has 2 aromatic carbocycles. The summed E-state index contributed by atoms with van der Waals surface area (Å²) in [4.78, 5) is 0. The molecule has 0 unspecified atom stereocenters. The molecule has 1 heterocycles. The first-order chi connectivity index (χ1) is 10.4. The molecule has 1 aliphatic heterocycles. The molecule has 21 heavy (non-hydrogen) atoms. The van der Waals surface area contributed by atoms with Gasteiger partial charge in [-0.3, -0.25) is 0 Å². The Balaban J connectivity index is 1.76. The van der Waals surface area contributed by atoms with Gasteiger partial charge in [0.2, 0.25) is 0 Å². The van der Waals surface area contributed by atoms with Crippen LogP contribution in [0.3, 0.4) is 0 Å². The molecule has 1 atom stereocenters. The molecule has 0 aliphatic carbocycles. The zero-order valence-corrected chi connectivity index (χ0v) is 12.3. The second-order valence-electron chi connectivity index (χ2n) is 5.33. The maximum Gasteiger partial charge on any atom is 0.161 e. The first kappa shape index (κ1) is 14.0. The lowest BCUT2D eigenvalue weighted by molar-refractivity contribution is 0.284. The van der Waals surface area contributed by atoms with Gasteiger partial charge in [-0.1, -0.05) is 36.4 Å². The first-order valence-corrected chi connectivity index (χ1v) is 7.45. The van der Waals surface area contributed by atoms with Crippen molar-refractivity contribution in [3.63, 3.8) is 0 Å². The highest BCUT2D eigenvalue weighted by Gasteiger charge is 2.18. The van der Waals surface area contributed by atoms with E-state index in [9.17, 15) is 0 Å². The van der Waals surface area contributed by atoms with Crippen molar-refractivity contribution in [2.75, 3.05) is 13.7 Å². The van der Waals surface area contributed by atoms with E-state index in [2.05, 4.69) is 29.6 Å². The lowest BCUT2D eigenvalue weighted by atomic mass is 10.0. The van der Waals surface area contributed by atoms with E-state index >= 15 is 0 Å². The van der Waals surface area contributed by atoms with Gasteiger partial charge < -0.3 is 14.8 Å². The van der Waals surface area contributed by atoms with Gasteiger partial charge in [-0.25, -0.2) is 0 Å². The quantitative estimate of drug-likeness (QED) is 0.907. The fraction of sp³-hybridized carbons (Fsp3) is 0.333. The summed E-state index contributed by atoms with van der Waals surface area (Å²) in [6, 6.07) is 16.8. The van der Waals surface area contributed by atoms with E-state index < -0.39 is 0 Å². The van der Waals surface area contributed by atoms with Crippen molar-refractivity contribution in [3.8, 4) is 11.5 Å². The summed E-state index contributed by atoms with van der Waals surface area (Å²) in [5, 5.41) is 3.51. The number of hydrogen-bond donors (Lipinski definition) is 1. The number of benzene rings is 2. The van der Waals surface area contributed by atoms with Crippen LogP contribution >= 0.6 is 0 Å². The van der Waals surface area contributed by atoms with Crippen molar-refractivity contribution >= 4 is 0 Å². The standard InChI is InChI=1S/C18H21NO2/c1-20-17-10-9-15(16-8-5-11-19-16)12-18(17)21-13-14-6-3-2-4-7-14/h2-4,6-7,9-10,12,16,19H,5,8,11,13H2,1H3/t16-/m0/s1. The minimum atomic E-state index is 0.440. The van der Waals surface area contributed by atoms with Gasteiger partial charge in [0.15, 0.2) is 11.5 Å². The van der Waals surface area contributed by atoms with E-state index in [0.29, 0.717) is 12.6 Å². The second kappa shape index (κ2) is 6.64. The van der Waals surface area contributed by atoms with Gasteiger partial charge in [-0.05, 0) is 42.6 Å². The van der Waals surface area contributed by atoms with Gasteiger partial charge in [0.1, 0.15) is 6.61 Å². The Morgan fingerprint density at radius 3 is 2.67 bits per heavy atom. The van der Waals surface area contributed by atoms with Gasteiger partial charge in [0.05, 0.1) is 7.11 Å². The average molecular weight is 283 g/mol. The monoisotopic (exact) mass is 283 g/mol. The summed E-state index contributed by atoms with van der Waals surface area (Å²) in [6.07, 6.45) is 2.42. The lowest BCUT2D eigenvalue weighted by Crippen LogP contribution is -2.13. The number of nitrogens with one attached hydrogen (secondary N) is 1. The van der Waals surface area contributed by atoms with Crippen molar-refractivity contribution in [3.05, 3.63) is 59.7 Å². The third-order valence-electron chi connectivity index (χ3n) is 3.89. The number of methoxy groups -OCH3 is 1. The smallest absolute Gasteiger partial charge is 0.161 e. The van der Waals surface area contributed by atoms with E-state index in [0.717, 1.165) is 23.6 Å². The molecule has 2 aromatic rings. The van der Waals surface area contributed by atoms with Crippen LogP contribution in [0.5, 0.6) is 11.5 Å². The molecule has 1 saturated heterocycles. The third-order valence-corrected chi connectivity index (χ3v) is 3.89. The molecular weight excluding hydrogens is 262 g/mol. The van der Waals surface area contributed by atoms with Crippen LogP contribution in [0.15, 0.2) is 48.5 Å². The van der Waals surface area contributed by atoms with Crippen molar-refractivity contribution in [1.29, 1.82) is 0 Å². The first-order valence-electron chi connectivity index (χ1n) is 7.45. The molecule has 0 bridgehead atoms. The van der Waals surface area contributed by atoms with Crippen molar-refractivity contribution in [2.24, 2.45) is 0 Å². The minimum Gasteiger partial charge on any atom is -0.493 e. The van der Waals surface area contributed by atoms with Crippen LogP contribution in [0.4, 0.5) is 0 Å². The van der Waals surface area contributed by atoms with Crippen LogP contribution < -0.4 is 14.8 Å². The number of ether oxygens (including phenoxy) is 2. The van der Waals surface area contributed by atoms with Gasteiger partial charge in [0.25, 0.3) is 0 Å². The van der Waals surface area contributed by atoms with E-state index in [4.69, 9.17) is 9.47 Å². The van der Waals surface area contributed by atoms with Crippen molar-refractivity contribution < 1.29 is 9.47 Å². The molecule has 3 heteroatoms. The zero-order valence-electron chi connectivity index (χ0n) is 12.3. The maximum atomic E-state index is 5.96. The van der Waals surface area contributed by atoms with E-state index in [1.807, 2.05) is 24.3 Å². The molecule has 0 saturated carbocycles. The Labute approximate surface area is 125 Å². The van der Waals surface area contributed by atoms with Gasteiger partial charge >= 0.3 is 0 Å². The number of rotatable bonds is 5. The molecule has 0 spiro atoms. The summed E-state index contributed by atoms with van der Waals surface area (Å²) < 4.78 is 11.4. The van der Waals surface area contributed by atoms with Gasteiger partial charge in [-0.2, -0.15) is 0 Å². The van der Waals surface area contributed by atoms with Crippen LogP contribution in [0, 0.1) is 0 Å². The topological polar surface area (TPSA) is 30.5 Å². The van der Waals surface area contributed by atoms with Crippen LogP contribution in [0.2, 0.25) is 0 Å². The Kier molecular flexibility index (Phi) is 4.41. The minimum absolute atomic E-state index is 0.440. The molecule has 0 aromatic heterocycles. The van der Waals surface area contributed by atoms with Crippen molar-refractivity contribution in [2.45, 2.75) is 25.5 Å². The highest BCUT2D eigenvalue weighted by molar-refractivity contribution is 5.44. The Morgan fingerprint density at radius 2 is 1.95 bits per heavy atom. The Hall–Kier alpha value is -2.00. The van der Waals surface area contributed by atoms with Crippen LogP contribution in [-0.2, 0) is 6.61 Å². The fourth-order valence-electron chi connectivity index (χ4n) is 2.73. The molecule has 3 rings (SSSR count). The van der Waals surface area contributed by atoms with Crippen molar-refractivity contribution in [1.82, 2.24) is 5.32 Å². The molecule has 3 nitrogen and oxygen atoms in total. The molecule has 1 aliphatic rings. The summed E-state index contributed by atoms with van der Waals surface area (Å²) >= 11 is 0. The normalized spacial score (nSPS) is 17.7. The largest absolute Gasteiger partial charge is 0.493 e. The highest BCUT2D eigenvalue weighted by Crippen LogP contribution is 2.33. The molecule has 110 valence electrons. The molecule has 0 radical (unpaired) electrons. The predicted molar refractivity (Wildman–Crippen MR) is 83.7 cm³/mol. The Bertz CT molecular complexity index is 577. The SMILES string of the molecule is COc1ccc([C@@H]2CCCN2)cc1OCc1ccccc1. The Morgan fingerprint density at radius 1 is 1.10 bits per heavy atom. The summed E-state index contributed by atoms with van der Waals surface area (Å²) in [5.74, 6) is 1.60. The molecule has 1 fully saturated rings. The van der Waals surface area contributed by atoms with Crippen LogP contribution in [0.1, 0.15) is 30.0 Å². The van der Waals surface area contributed by atoms with Gasteiger partial charge in [0, 0.05) is 6.04 Å². The summed E-state index contributed by atoms with van der Waals surface area (Å²) in [5.41, 5.74) is 2.43. The summed E-state index contributed by atoms with van der Waals surface area (Å²) in [6.45, 7) is 1.65. The maximum absolute atomic E-state index is 5.96. The van der Waals surface area contributed by atoms with Gasteiger partial charge in [-0.15, -0.1) is 0 Å². The van der Waals surface area contributed by atoms with E-state index in [1.54, 1.807) is 7.11 Å². The predicted octanol–water partition coefficient (Wildman–Crippen LogP) is 3.70. The van der Waals surface area contributed by atoms with Crippen LogP contribution in [0.25, 0.3) is 0 Å². The zero-order chi connectivity index (χ0) is 14.5.